The Morgan fingerprint density at radius 1 is 0.458 bits per heavy atom. The number of hydrogen-bond acceptors (Lipinski definition) is 10. The fourth-order valence-corrected chi connectivity index (χ4v) is 9.25. The van der Waals surface area contributed by atoms with Gasteiger partial charge >= 0.3 is 0 Å². The number of nitrogens with zero attached hydrogens (tertiary/aromatic N) is 11. The van der Waals surface area contributed by atoms with E-state index in [2.05, 4.69) is 114 Å². The van der Waals surface area contributed by atoms with Crippen molar-refractivity contribution in [1.29, 1.82) is 0 Å². The molecule has 7 heterocycles. The van der Waals surface area contributed by atoms with Crippen LogP contribution in [0, 0.1) is 0 Å². The summed E-state index contributed by atoms with van der Waals surface area (Å²) < 4.78 is 6.16. The standard InChI is InChI=1S/C46H41N13/c1-5-13-30(14-6-1)51-38-25-32(55-19-9-3-10-20-55)23-36-41(38)57(28-49-36)43-34-17-18-35-40(34)59-45(53-43)47-27-48-46(59)54-44(35)58-29-50-37-24-33(56-21-11-4-12-22-56)26-39(42(37)58)52-31-15-7-2-8-16-31/h1-2,5-8,13-18,23-29,51-52H,3-4,9-12,19-22H2. The molecule has 0 atom stereocenters. The van der Waals surface area contributed by atoms with Gasteiger partial charge in [-0.25, -0.2) is 24.3 Å². The second-order valence-corrected chi connectivity index (χ2v) is 15.7. The molecule has 2 fully saturated rings. The van der Waals surface area contributed by atoms with Gasteiger partial charge in [0.2, 0.25) is 11.6 Å². The molecule has 59 heavy (non-hydrogen) atoms. The molecule has 2 aliphatic rings. The van der Waals surface area contributed by atoms with E-state index >= 15 is 0 Å². The van der Waals surface area contributed by atoms with Crippen molar-refractivity contribution >= 4 is 84.0 Å². The summed E-state index contributed by atoms with van der Waals surface area (Å²) in [7, 11) is 0. The summed E-state index contributed by atoms with van der Waals surface area (Å²) in [5.74, 6) is 2.47. The van der Waals surface area contributed by atoms with Gasteiger partial charge in [0, 0.05) is 59.7 Å². The number of para-hydroxylation sites is 2. The smallest absolute Gasteiger partial charge is 0.240 e. The lowest BCUT2D eigenvalue weighted by atomic mass is 10.1. The van der Waals surface area contributed by atoms with Crippen molar-refractivity contribution in [1.82, 2.24) is 43.4 Å². The quantitative estimate of drug-likeness (QED) is 0.154. The molecule has 0 saturated carbocycles. The van der Waals surface area contributed by atoms with Crippen LogP contribution in [0.5, 0.6) is 0 Å². The zero-order valence-corrected chi connectivity index (χ0v) is 32.5. The molecular formula is C46H41N13. The van der Waals surface area contributed by atoms with E-state index in [0.29, 0.717) is 11.6 Å². The van der Waals surface area contributed by atoms with Crippen molar-refractivity contribution in [3.63, 3.8) is 0 Å². The van der Waals surface area contributed by atoms with Crippen LogP contribution in [0.3, 0.4) is 0 Å². The molecule has 12 rings (SSSR count). The van der Waals surface area contributed by atoms with E-state index in [-0.39, 0.29) is 0 Å². The largest absolute Gasteiger partial charge is 0.371 e. The number of piperidine rings is 2. The van der Waals surface area contributed by atoms with Crippen LogP contribution in [-0.4, -0.2) is 69.6 Å². The van der Waals surface area contributed by atoms with Crippen molar-refractivity contribution in [2.45, 2.75) is 38.5 Å². The summed E-state index contributed by atoms with van der Waals surface area (Å²) in [6, 6.07) is 33.9. The average Bonchev–Trinajstić information content (AvgIpc) is 4.05. The summed E-state index contributed by atoms with van der Waals surface area (Å²) in [5.41, 5.74) is 10.9. The Morgan fingerprint density at radius 2 is 0.915 bits per heavy atom. The maximum atomic E-state index is 5.21. The van der Waals surface area contributed by atoms with Crippen molar-refractivity contribution in [2.75, 3.05) is 46.6 Å². The minimum atomic E-state index is 0.505. The SMILES string of the molecule is c1ccc(Nc2cc(N3CCCCC3)cc3ncn(-c4nc5ncnc6nc(-n7cnc8cc(N9CCCCC9)cc(Nc9ccccc9)c87)c7ccc4c7n56)c23)cc1. The molecule has 5 aromatic carbocycles. The summed E-state index contributed by atoms with van der Waals surface area (Å²) >= 11 is 0. The van der Waals surface area contributed by atoms with E-state index in [1.54, 1.807) is 6.33 Å². The topological polar surface area (TPSA) is 122 Å². The van der Waals surface area contributed by atoms with Crippen molar-refractivity contribution in [3.05, 3.63) is 116 Å². The predicted octanol–water partition coefficient (Wildman–Crippen LogP) is 9.41. The molecule has 2 saturated heterocycles. The number of aromatic nitrogens is 9. The Kier molecular flexibility index (Phi) is 7.84. The minimum absolute atomic E-state index is 0.505. The highest BCUT2D eigenvalue weighted by molar-refractivity contribution is 6.08. The van der Waals surface area contributed by atoms with Gasteiger partial charge < -0.3 is 20.4 Å². The molecule has 290 valence electrons. The highest BCUT2D eigenvalue weighted by Gasteiger charge is 2.25. The Bertz CT molecular complexity index is 2930. The van der Waals surface area contributed by atoms with Crippen LogP contribution in [0.4, 0.5) is 34.1 Å². The van der Waals surface area contributed by atoms with Crippen LogP contribution in [0.25, 0.3) is 61.5 Å². The number of nitrogens with one attached hydrogen (secondary N) is 2. The van der Waals surface area contributed by atoms with Crippen LogP contribution < -0.4 is 20.4 Å². The molecule has 0 amide bonds. The third kappa shape index (κ3) is 5.67. The molecule has 0 unspecified atom stereocenters. The molecule has 2 aliphatic heterocycles. The first-order chi connectivity index (χ1) is 29.2. The average molecular weight is 776 g/mol. The number of imidazole rings is 2. The second-order valence-electron chi connectivity index (χ2n) is 15.7. The number of benzene rings is 4. The van der Waals surface area contributed by atoms with E-state index in [0.717, 1.165) is 98.9 Å². The molecule has 0 radical (unpaired) electrons. The first-order valence-electron chi connectivity index (χ1n) is 20.7. The molecule has 0 aliphatic carbocycles. The predicted molar refractivity (Wildman–Crippen MR) is 236 cm³/mol. The molecule has 0 spiro atoms. The van der Waals surface area contributed by atoms with Gasteiger partial charge in [0.05, 0.1) is 39.0 Å². The summed E-state index contributed by atoms with van der Waals surface area (Å²) in [6.45, 7) is 4.16. The lowest BCUT2D eigenvalue weighted by Crippen LogP contribution is -2.29. The van der Waals surface area contributed by atoms with E-state index in [1.165, 1.54) is 49.9 Å². The van der Waals surface area contributed by atoms with E-state index < -0.39 is 0 Å². The number of fused-ring (bicyclic) bond motifs is 2. The van der Waals surface area contributed by atoms with Gasteiger partial charge in [0.25, 0.3) is 0 Å². The molecule has 5 aromatic heterocycles. The van der Waals surface area contributed by atoms with Crippen LogP contribution >= 0.6 is 0 Å². The van der Waals surface area contributed by atoms with Crippen LogP contribution in [0.1, 0.15) is 38.5 Å². The molecule has 13 heteroatoms. The number of anilines is 6. The van der Waals surface area contributed by atoms with Gasteiger partial charge in [-0.3, -0.25) is 9.13 Å². The summed E-state index contributed by atoms with van der Waals surface area (Å²) in [5, 5.41) is 9.35. The fraction of sp³-hybridized carbons (Fsp3) is 0.217. The van der Waals surface area contributed by atoms with E-state index in [1.807, 2.05) is 29.2 Å². The molecule has 10 aromatic rings. The van der Waals surface area contributed by atoms with Gasteiger partial charge in [-0.05, 0) is 99.2 Å². The first kappa shape index (κ1) is 33.8. The first-order valence-corrected chi connectivity index (χ1v) is 20.7. The van der Waals surface area contributed by atoms with E-state index in [9.17, 15) is 0 Å². The van der Waals surface area contributed by atoms with Crippen molar-refractivity contribution < 1.29 is 0 Å². The highest BCUT2D eigenvalue weighted by Crippen LogP contribution is 2.40. The maximum Gasteiger partial charge on any atom is 0.240 e. The van der Waals surface area contributed by atoms with Gasteiger partial charge in [-0.15, -0.1) is 0 Å². The van der Waals surface area contributed by atoms with Gasteiger partial charge in [-0.1, -0.05) is 36.4 Å². The van der Waals surface area contributed by atoms with E-state index in [4.69, 9.17) is 29.9 Å². The number of hydrogen-bond donors (Lipinski definition) is 2. The lowest BCUT2D eigenvalue weighted by molar-refractivity contribution is 0.578. The third-order valence-electron chi connectivity index (χ3n) is 12.1. The van der Waals surface area contributed by atoms with Gasteiger partial charge in [0.1, 0.15) is 19.0 Å². The lowest BCUT2D eigenvalue weighted by Gasteiger charge is -2.29. The molecular weight excluding hydrogens is 735 g/mol. The zero-order chi connectivity index (χ0) is 38.9. The Labute approximate surface area is 339 Å². The summed E-state index contributed by atoms with van der Waals surface area (Å²) in [4.78, 5) is 34.8. The summed E-state index contributed by atoms with van der Waals surface area (Å²) in [6.07, 6.45) is 12.6. The highest BCUT2D eigenvalue weighted by atomic mass is 15.3. The maximum absolute atomic E-state index is 5.21. The zero-order valence-electron chi connectivity index (χ0n) is 32.5. The second kappa shape index (κ2) is 13.7. The van der Waals surface area contributed by atoms with Crippen LogP contribution in [-0.2, 0) is 0 Å². The van der Waals surface area contributed by atoms with Crippen molar-refractivity contribution in [3.8, 4) is 11.6 Å². The molecule has 0 bridgehead atoms. The molecule has 2 N–H and O–H groups in total. The normalized spacial score (nSPS) is 15.1. The fourth-order valence-electron chi connectivity index (χ4n) is 9.25. The Balaban J connectivity index is 1.06. The molecule has 13 nitrogen and oxygen atoms in total. The van der Waals surface area contributed by atoms with Crippen LogP contribution in [0.15, 0.2) is 116 Å². The van der Waals surface area contributed by atoms with Crippen LogP contribution in [0.2, 0.25) is 0 Å². The number of rotatable bonds is 8. The van der Waals surface area contributed by atoms with Gasteiger partial charge in [-0.2, -0.15) is 9.97 Å². The monoisotopic (exact) mass is 775 g/mol. The van der Waals surface area contributed by atoms with Gasteiger partial charge in [0.15, 0.2) is 11.6 Å². The third-order valence-corrected chi connectivity index (χ3v) is 12.1. The Morgan fingerprint density at radius 3 is 1.37 bits per heavy atom. The minimum Gasteiger partial charge on any atom is -0.371 e. The van der Waals surface area contributed by atoms with Crippen molar-refractivity contribution in [2.24, 2.45) is 0 Å². The Hall–Kier alpha value is -7.28.